The molecule has 0 aliphatic rings. The first-order valence-corrected chi connectivity index (χ1v) is 5.97. The molecular formula is C13H15N5. The van der Waals surface area contributed by atoms with Gasteiger partial charge in [0.15, 0.2) is 5.82 Å². The third-order valence-electron chi connectivity index (χ3n) is 2.90. The van der Waals surface area contributed by atoms with Crippen LogP contribution in [0.15, 0.2) is 30.5 Å². The van der Waals surface area contributed by atoms with Crippen LogP contribution in [-0.4, -0.2) is 26.1 Å². The molecule has 0 saturated carbocycles. The highest BCUT2D eigenvalue weighted by molar-refractivity contribution is 5.57. The molecule has 0 spiro atoms. The second-order valence-electron chi connectivity index (χ2n) is 4.38. The molecule has 0 bridgehead atoms. The predicted molar refractivity (Wildman–Crippen MR) is 70.3 cm³/mol. The Hall–Kier alpha value is -2.14. The minimum absolute atomic E-state index is 0.602. The number of hydrogen-bond donors (Lipinski definition) is 2. The largest absolute Gasteiger partial charge is 0.330 e. The molecule has 18 heavy (non-hydrogen) atoms. The van der Waals surface area contributed by atoms with Crippen molar-refractivity contribution in [2.45, 2.75) is 13.3 Å². The summed E-state index contributed by atoms with van der Waals surface area (Å²) in [6.07, 6.45) is 2.71. The van der Waals surface area contributed by atoms with Crippen molar-refractivity contribution in [1.82, 2.24) is 19.6 Å². The Bertz CT molecular complexity index is 631. The van der Waals surface area contributed by atoms with Crippen molar-refractivity contribution in [3.05, 3.63) is 41.7 Å². The molecule has 1 aromatic carbocycles. The Labute approximate surface area is 105 Å². The van der Waals surface area contributed by atoms with E-state index in [1.165, 1.54) is 5.56 Å². The van der Waals surface area contributed by atoms with E-state index in [1.54, 1.807) is 0 Å². The molecular weight excluding hydrogens is 226 g/mol. The molecule has 0 fully saturated rings. The quantitative estimate of drug-likeness (QED) is 0.730. The first kappa shape index (κ1) is 11.0. The molecule has 2 heterocycles. The molecule has 0 aliphatic carbocycles. The normalized spacial score (nSPS) is 11.2. The molecule has 0 saturated heterocycles. The van der Waals surface area contributed by atoms with Gasteiger partial charge in [-0.05, 0) is 13.5 Å². The van der Waals surface area contributed by atoms with Crippen LogP contribution in [0.5, 0.6) is 0 Å². The average Bonchev–Trinajstić information content (AvgIpc) is 2.88. The van der Waals surface area contributed by atoms with Crippen molar-refractivity contribution in [2.24, 2.45) is 5.73 Å². The maximum atomic E-state index is 5.51. The van der Waals surface area contributed by atoms with Gasteiger partial charge in [-0.15, -0.1) is 0 Å². The first-order valence-electron chi connectivity index (χ1n) is 5.97. The molecule has 0 radical (unpaired) electrons. The van der Waals surface area contributed by atoms with E-state index < -0.39 is 0 Å². The minimum atomic E-state index is 0.602. The summed E-state index contributed by atoms with van der Waals surface area (Å²) in [7, 11) is 0. The molecule has 0 amide bonds. The van der Waals surface area contributed by atoms with Crippen molar-refractivity contribution in [2.75, 3.05) is 6.54 Å². The van der Waals surface area contributed by atoms with Gasteiger partial charge >= 0.3 is 0 Å². The summed E-state index contributed by atoms with van der Waals surface area (Å²) in [6.45, 7) is 2.67. The number of nitrogens with two attached hydrogens (primary N) is 1. The summed E-state index contributed by atoms with van der Waals surface area (Å²) < 4.78 is 1.83. The van der Waals surface area contributed by atoms with Gasteiger partial charge in [-0.25, -0.2) is 9.50 Å². The van der Waals surface area contributed by atoms with E-state index in [9.17, 15) is 0 Å². The summed E-state index contributed by atoms with van der Waals surface area (Å²) in [5, 5.41) is 3.21. The van der Waals surface area contributed by atoms with Crippen LogP contribution in [0.2, 0.25) is 0 Å². The van der Waals surface area contributed by atoms with Crippen LogP contribution >= 0.6 is 0 Å². The van der Waals surface area contributed by atoms with E-state index >= 15 is 0 Å². The van der Waals surface area contributed by atoms with E-state index in [1.807, 2.05) is 10.7 Å². The zero-order chi connectivity index (χ0) is 12.5. The average molecular weight is 241 g/mol. The number of benzene rings is 1. The number of aromatic amines is 1. The van der Waals surface area contributed by atoms with Crippen molar-refractivity contribution in [3.63, 3.8) is 0 Å². The number of fused-ring (bicyclic) bond motifs is 1. The fourth-order valence-electron chi connectivity index (χ4n) is 1.93. The fourth-order valence-corrected chi connectivity index (χ4v) is 1.93. The fraction of sp³-hybridized carbons (Fsp3) is 0.231. The maximum absolute atomic E-state index is 5.51. The Morgan fingerprint density at radius 2 is 2.00 bits per heavy atom. The number of hydrogen-bond acceptors (Lipinski definition) is 3. The van der Waals surface area contributed by atoms with Crippen molar-refractivity contribution in [3.8, 4) is 11.4 Å². The minimum Gasteiger partial charge on any atom is -0.330 e. The zero-order valence-corrected chi connectivity index (χ0v) is 10.2. The summed E-state index contributed by atoms with van der Waals surface area (Å²) in [5.74, 6) is 1.52. The van der Waals surface area contributed by atoms with E-state index in [0.29, 0.717) is 12.3 Å². The Balaban J connectivity index is 1.98. The van der Waals surface area contributed by atoms with Gasteiger partial charge in [0.1, 0.15) is 0 Å². The number of nitrogens with zero attached hydrogens (tertiary/aromatic N) is 3. The Morgan fingerprint density at radius 1 is 1.22 bits per heavy atom. The van der Waals surface area contributed by atoms with Crippen LogP contribution in [0.3, 0.4) is 0 Å². The molecule has 0 atom stereocenters. The smallest absolute Gasteiger partial charge is 0.251 e. The molecule has 2 aromatic heterocycles. The van der Waals surface area contributed by atoms with Gasteiger partial charge in [-0.2, -0.15) is 4.98 Å². The van der Waals surface area contributed by atoms with Crippen LogP contribution < -0.4 is 5.73 Å². The lowest BCUT2D eigenvalue weighted by Gasteiger charge is -1.96. The van der Waals surface area contributed by atoms with Gasteiger partial charge in [0.25, 0.3) is 5.78 Å². The SMILES string of the molecule is Cc1ccc(-c2nc3nc(CCN)cn3[nH]2)cc1. The molecule has 0 aliphatic heterocycles. The number of nitrogens with one attached hydrogen (secondary N) is 1. The molecule has 3 aromatic rings. The second kappa shape index (κ2) is 4.27. The Kier molecular flexibility index (Phi) is 2.60. The maximum Gasteiger partial charge on any atom is 0.251 e. The van der Waals surface area contributed by atoms with E-state index in [2.05, 4.69) is 46.3 Å². The standard InChI is InChI=1S/C13H15N5/c1-9-2-4-10(5-3-9)12-16-13-15-11(6-7-14)8-18(13)17-12/h2-5,8H,6-7,14H2,1H3,(H,15,16,17). The Morgan fingerprint density at radius 3 is 2.67 bits per heavy atom. The molecule has 3 N–H and O–H groups in total. The lowest BCUT2D eigenvalue weighted by Crippen LogP contribution is -2.02. The number of aromatic nitrogens is 4. The van der Waals surface area contributed by atoms with Crippen molar-refractivity contribution < 1.29 is 0 Å². The molecule has 3 rings (SSSR count). The van der Waals surface area contributed by atoms with Gasteiger partial charge in [-0.1, -0.05) is 29.8 Å². The summed E-state index contributed by atoms with van der Waals surface area (Å²) in [6, 6.07) is 8.24. The molecule has 92 valence electrons. The topological polar surface area (TPSA) is 72.0 Å². The number of H-pyrrole nitrogens is 1. The third kappa shape index (κ3) is 1.89. The van der Waals surface area contributed by atoms with Crippen molar-refractivity contribution >= 4 is 5.78 Å². The highest BCUT2D eigenvalue weighted by Gasteiger charge is 2.08. The van der Waals surface area contributed by atoms with Gasteiger partial charge in [0.2, 0.25) is 0 Å². The third-order valence-corrected chi connectivity index (χ3v) is 2.90. The highest BCUT2D eigenvalue weighted by atomic mass is 15.3. The number of aryl methyl sites for hydroxylation is 1. The predicted octanol–water partition coefficient (Wildman–Crippen LogP) is 1.53. The highest BCUT2D eigenvalue weighted by Crippen LogP contribution is 2.16. The van der Waals surface area contributed by atoms with Gasteiger partial charge in [-0.3, -0.25) is 5.10 Å². The van der Waals surface area contributed by atoms with Gasteiger partial charge in [0.05, 0.1) is 11.9 Å². The van der Waals surface area contributed by atoms with E-state index in [-0.39, 0.29) is 0 Å². The number of imidazole rings is 1. The lowest BCUT2D eigenvalue weighted by molar-refractivity contribution is 0.922. The van der Waals surface area contributed by atoms with Gasteiger partial charge < -0.3 is 5.73 Å². The van der Waals surface area contributed by atoms with Crippen LogP contribution in [0.4, 0.5) is 0 Å². The van der Waals surface area contributed by atoms with Crippen LogP contribution in [-0.2, 0) is 6.42 Å². The first-order chi connectivity index (χ1) is 8.76. The lowest BCUT2D eigenvalue weighted by atomic mass is 10.1. The second-order valence-corrected chi connectivity index (χ2v) is 4.38. The molecule has 5 heteroatoms. The summed E-state index contributed by atoms with van der Waals surface area (Å²) in [5.41, 5.74) is 8.77. The summed E-state index contributed by atoms with van der Waals surface area (Å²) in [4.78, 5) is 8.88. The molecule has 5 nitrogen and oxygen atoms in total. The van der Waals surface area contributed by atoms with E-state index in [0.717, 1.165) is 23.5 Å². The van der Waals surface area contributed by atoms with Gasteiger partial charge in [0, 0.05) is 12.0 Å². The van der Waals surface area contributed by atoms with E-state index in [4.69, 9.17) is 5.73 Å². The van der Waals surface area contributed by atoms with Crippen LogP contribution in [0, 0.1) is 6.92 Å². The molecule has 0 unspecified atom stereocenters. The van der Waals surface area contributed by atoms with Crippen molar-refractivity contribution in [1.29, 1.82) is 0 Å². The van der Waals surface area contributed by atoms with Crippen LogP contribution in [0.1, 0.15) is 11.3 Å². The monoisotopic (exact) mass is 241 g/mol. The number of rotatable bonds is 3. The zero-order valence-electron chi connectivity index (χ0n) is 10.2. The van der Waals surface area contributed by atoms with Crippen LogP contribution in [0.25, 0.3) is 17.2 Å². The summed E-state index contributed by atoms with van der Waals surface area (Å²) >= 11 is 0.